The van der Waals surface area contributed by atoms with E-state index in [1.54, 1.807) is 21.1 Å². The fraction of sp³-hybridized carbons (Fsp3) is 0.714. The van der Waals surface area contributed by atoms with Gasteiger partial charge in [0.05, 0.1) is 0 Å². The topological polar surface area (TPSA) is 52.0 Å². The van der Waals surface area contributed by atoms with Crippen LogP contribution >= 0.6 is 0 Å². The van der Waals surface area contributed by atoms with Crippen LogP contribution in [0.15, 0.2) is 9.98 Å². The Balaban J connectivity index is 4.22. The zero-order valence-corrected chi connectivity index (χ0v) is 8.34. The van der Waals surface area contributed by atoms with Crippen LogP contribution in [0.2, 0.25) is 0 Å². The van der Waals surface area contributed by atoms with Crippen molar-refractivity contribution in [3.63, 3.8) is 0 Å². The molecule has 0 fully saturated rings. The number of rotatable bonds is 0. The Morgan fingerprint density at radius 3 is 2.00 bits per heavy atom. The van der Waals surface area contributed by atoms with Crippen LogP contribution in [0.1, 0.15) is 0 Å². The average Bonchev–Trinajstić information content (AvgIpc) is 2.06. The highest BCUT2D eigenvalue weighted by Crippen LogP contribution is 1.77. The lowest BCUT2D eigenvalue weighted by atomic mass is 10.7. The summed E-state index contributed by atoms with van der Waals surface area (Å²) >= 11 is 0. The van der Waals surface area contributed by atoms with Crippen molar-refractivity contribution in [2.45, 2.75) is 0 Å². The van der Waals surface area contributed by atoms with E-state index in [2.05, 4.69) is 20.6 Å². The first kappa shape index (κ1) is 10.7. The Morgan fingerprint density at radius 2 is 1.75 bits per heavy atom. The molecule has 0 spiro atoms. The van der Waals surface area contributed by atoms with Gasteiger partial charge in [0.2, 0.25) is 0 Å². The number of aliphatic imine (C=N–C) groups is 2. The molecule has 0 aromatic carbocycles. The first-order valence-corrected chi connectivity index (χ1v) is 3.71. The van der Waals surface area contributed by atoms with Crippen LogP contribution in [0.25, 0.3) is 0 Å². The molecule has 0 aromatic rings. The lowest BCUT2D eigenvalue weighted by Gasteiger charge is -2.17. The predicted molar refractivity (Wildman–Crippen MR) is 52.6 cm³/mol. The van der Waals surface area contributed by atoms with E-state index in [1.807, 2.05) is 19.0 Å². The molecule has 0 aliphatic heterocycles. The summed E-state index contributed by atoms with van der Waals surface area (Å²) in [7, 11) is 9.07. The van der Waals surface area contributed by atoms with E-state index >= 15 is 0 Å². The summed E-state index contributed by atoms with van der Waals surface area (Å²) in [6.07, 6.45) is 0. The molecule has 70 valence electrons. The van der Waals surface area contributed by atoms with Gasteiger partial charge in [0.25, 0.3) is 0 Å². The highest BCUT2D eigenvalue weighted by Gasteiger charge is 2.01. The van der Waals surface area contributed by atoms with Crippen molar-refractivity contribution in [2.75, 3.05) is 35.2 Å². The highest BCUT2D eigenvalue weighted by atomic mass is 15.3. The Labute approximate surface area is 73.6 Å². The molecule has 0 amide bonds. The number of nitrogens with one attached hydrogen (secondary N) is 2. The quantitative estimate of drug-likeness (QED) is 0.375. The highest BCUT2D eigenvalue weighted by molar-refractivity contribution is 5.98. The van der Waals surface area contributed by atoms with Crippen molar-refractivity contribution in [1.82, 2.24) is 15.5 Å². The fourth-order valence-corrected chi connectivity index (χ4v) is 0.704. The average molecular weight is 171 g/mol. The van der Waals surface area contributed by atoms with Crippen LogP contribution in [0.4, 0.5) is 0 Å². The van der Waals surface area contributed by atoms with E-state index < -0.39 is 0 Å². The zero-order valence-electron chi connectivity index (χ0n) is 8.34. The van der Waals surface area contributed by atoms with Gasteiger partial charge in [0.1, 0.15) is 0 Å². The van der Waals surface area contributed by atoms with Crippen LogP contribution in [0.5, 0.6) is 0 Å². The summed E-state index contributed by atoms with van der Waals surface area (Å²) < 4.78 is 0. The molecule has 12 heavy (non-hydrogen) atoms. The second-order valence-corrected chi connectivity index (χ2v) is 2.39. The third-order valence-corrected chi connectivity index (χ3v) is 1.33. The third-order valence-electron chi connectivity index (χ3n) is 1.33. The van der Waals surface area contributed by atoms with Crippen molar-refractivity contribution in [3.8, 4) is 0 Å². The van der Waals surface area contributed by atoms with Crippen LogP contribution < -0.4 is 10.6 Å². The Kier molecular flexibility index (Phi) is 4.83. The first-order chi connectivity index (χ1) is 5.65. The summed E-state index contributed by atoms with van der Waals surface area (Å²) in [5, 5.41) is 5.92. The van der Waals surface area contributed by atoms with Gasteiger partial charge in [0, 0.05) is 35.2 Å². The molecular weight excluding hydrogens is 154 g/mol. The van der Waals surface area contributed by atoms with Crippen LogP contribution in [-0.2, 0) is 0 Å². The maximum absolute atomic E-state index is 4.03. The van der Waals surface area contributed by atoms with Gasteiger partial charge in [-0.2, -0.15) is 0 Å². The summed E-state index contributed by atoms with van der Waals surface area (Å²) in [4.78, 5) is 9.88. The molecule has 0 atom stereocenters. The van der Waals surface area contributed by atoms with Gasteiger partial charge in [-0.25, -0.2) is 0 Å². The fourth-order valence-electron chi connectivity index (χ4n) is 0.704. The second kappa shape index (κ2) is 5.40. The lowest BCUT2D eigenvalue weighted by molar-refractivity contribution is 0.602. The predicted octanol–water partition coefficient (Wildman–Crippen LogP) is -0.671. The van der Waals surface area contributed by atoms with Crippen molar-refractivity contribution in [1.29, 1.82) is 0 Å². The smallest absolute Gasteiger partial charge is 0.199 e. The number of hydrogen-bond donors (Lipinski definition) is 2. The van der Waals surface area contributed by atoms with E-state index in [-0.39, 0.29) is 0 Å². The molecule has 0 bridgehead atoms. The largest absolute Gasteiger partial charge is 0.359 e. The van der Waals surface area contributed by atoms with Gasteiger partial charge in [-0.3, -0.25) is 15.3 Å². The van der Waals surface area contributed by atoms with Gasteiger partial charge in [0.15, 0.2) is 11.9 Å². The number of guanidine groups is 2. The minimum Gasteiger partial charge on any atom is -0.359 e. The summed E-state index contributed by atoms with van der Waals surface area (Å²) in [6.45, 7) is 0. The summed E-state index contributed by atoms with van der Waals surface area (Å²) in [5.41, 5.74) is 0. The Hall–Kier alpha value is -1.26. The normalized spacial score (nSPS) is 12.8. The van der Waals surface area contributed by atoms with E-state index in [9.17, 15) is 0 Å². The first-order valence-electron chi connectivity index (χ1n) is 3.71. The maximum atomic E-state index is 4.03. The van der Waals surface area contributed by atoms with Crippen LogP contribution in [0.3, 0.4) is 0 Å². The monoisotopic (exact) mass is 171 g/mol. The van der Waals surface area contributed by atoms with Crippen LogP contribution in [0, 0.1) is 0 Å². The van der Waals surface area contributed by atoms with Gasteiger partial charge in [-0.15, -0.1) is 0 Å². The molecule has 0 aromatic heterocycles. The molecule has 0 aliphatic carbocycles. The molecule has 5 heteroatoms. The molecule has 0 rings (SSSR count). The lowest BCUT2D eigenvalue weighted by Crippen LogP contribution is -2.45. The van der Waals surface area contributed by atoms with Gasteiger partial charge >= 0.3 is 0 Å². The minimum absolute atomic E-state index is 0.698. The molecule has 0 saturated heterocycles. The van der Waals surface area contributed by atoms with Gasteiger partial charge in [-0.1, -0.05) is 0 Å². The van der Waals surface area contributed by atoms with Crippen molar-refractivity contribution < 1.29 is 0 Å². The molecule has 0 aliphatic rings. The van der Waals surface area contributed by atoms with E-state index in [1.165, 1.54) is 0 Å². The molecule has 0 heterocycles. The van der Waals surface area contributed by atoms with Crippen LogP contribution in [-0.4, -0.2) is 52.1 Å². The standard InChI is InChI=1S/C7H17N5/c1-8-6(9-2)11-7(10-3)12(4)5/h1-5H3,(H2,8,9,10,11). The molecule has 5 nitrogen and oxygen atoms in total. The third kappa shape index (κ3) is 3.23. The zero-order chi connectivity index (χ0) is 9.56. The van der Waals surface area contributed by atoms with Crippen molar-refractivity contribution in [3.05, 3.63) is 0 Å². The summed E-state index contributed by atoms with van der Waals surface area (Å²) in [5.74, 6) is 1.47. The summed E-state index contributed by atoms with van der Waals surface area (Å²) in [6, 6.07) is 0. The molecular formula is C7H17N5. The van der Waals surface area contributed by atoms with E-state index in [0.29, 0.717) is 5.96 Å². The molecule has 2 N–H and O–H groups in total. The van der Waals surface area contributed by atoms with E-state index in [4.69, 9.17) is 0 Å². The maximum Gasteiger partial charge on any atom is 0.199 e. The molecule has 0 unspecified atom stereocenters. The Morgan fingerprint density at radius 1 is 1.17 bits per heavy atom. The van der Waals surface area contributed by atoms with Crippen molar-refractivity contribution in [2.24, 2.45) is 9.98 Å². The Bertz CT molecular complexity index is 182. The number of nitrogens with zero attached hydrogens (tertiary/aromatic N) is 3. The van der Waals surface area contributed by atoms with Gasteiger partial charge < -0.3 is 10.2 Å². The molecule has 0 radical (unpaired) electrons. The minimum atomic E-state index is 0.698. The molecule has 0 saturated carbocycles. The van der Waals surface area contributed by atoms with Crippen molar-refractivity contribution >= 4 is 11.9 Å². The second-order valence-electron chi connectivity index (χ2n) is 2.39. The van der Waals surface area contributed by atoms with Gasteiger partial charge in [-0.05, 0) is 0 Å². The van der Waals surface area contributed by atoms with E-state index in [0.717, 1.165) is 5.96 Å². The number of hydrogen-bond acceptors (Lipinski definition) is 2. The SMILES string of the molecule is C/N=C(/N/C(=N/C)NC)N(C)C.